The fraction of sp³-hybridized carbons (Fsp3) is 0.766. The van der Waals surface area contributed by atoms with Gasteiger partial charge in [-0.2, -0.15) is 0 Å². The molecule has 58 heavy (non-hydrogen) atoms. The first-order chi connectivity index (χ1) is 27.4. The van der Waals surface area contributed by atoms with Gasteiger partial charge >= 0.3 is 0 Å². The van der Waals surface area contributed by atoms with E-state index in [9.17, 15) is 24.0 Å². The first-order valence-corrected chi connectivity index (χ1v) is 22.0. The van der Waals surface area contributed by atoms with Crippen LogP contribution in [0.4, 0.5) is 0 Å². The topological polar surface area (TPSA) is 126 Å². The van der Waals surface area contributed by atoms with Crippen LogP contribution in [0.1, 0.15) is 117 Å². The van der Waals surface area contributed by atoms with Gasteiger partial charge in [0.15, 0.2) is 5.78 Å². The molecular formula is C47H78N4O7. The number of rotatable bonds is 25. The maximum Gasteiger partial charge on any atom is 0.226 e. The van der Waals surface area contributed by atoms with E-state index in [1.165, 1.54) is 0 Å². The number of carbonyl (C=O) groups excluding carboxylic acids is 5. The Hall–Kier alpha value is -3.15. The van der Waals surface area contributed by atoms with Crippen LogP contribution in [0.2, 0.25) is 0 Å². The van der Waals surface area contributed by atoms with Gasteiger partial charge in [0.1, 0.15) is 5.78 Å². The number of nitrogens with zero attached hydrogens (tertiary/aromatic N) is 3. The maximum absolute atomic E-state index is 14.4. The Bertz CT molecular complexity index is 1480. The molecular weight excluding hydrogens is 733 g/mol. The monoisotopic (exact) mass is 811 g/mol. The summed E-state index contributed by atoms with van der Waals surface area (Å²) >= 11 is 0. The van der Waals surface area contributed by atoms with Gasteiger partial charge in [-0.1, -0.05) is 97.6 Å². The number of hydrogen-bond acceptors (Lipinski definition) is 8. The number of carbonyl (C=O) groups is 5. The second-order valence-electron chi connectivity index (χ2n) is 18.5. The molecule has 1 saturated carbocycles. The van der Waals surface area contributed by atoms with Gasteiger partial charge in [-0.15, -0.1) is 0 Å². The van der Waals surface area contributed by atoms with Crippen molar-refractivity contribution >= 4 is 29.3 Å². The summed E-state index contributed by atoms with van der Waals surface area (Å²) in [5.41, 5.74) is 2.18. The highest BCUT2D eigenvalue weighted by atomic mass is 16.5. The summed E-state index contributed by atoms with van der Waals surface area (Å²) in [5, 5.41) is 3.08. The lowest BCUT2D eigenvalue weighted by molar-refractivity contribution is -0.149. The number of benzene rings is 1. The minimum atomic E-state index is -0.590. The molecule has 0 aromatic heterocycles. The fourth-order valence-electron chi connectivity index (χ4n) is 9.31. The molecule has 1 N–H and O–H groups in total. The normalized spacial score (nSPS) is 20.0. The van der Waals surface area contributed by atoms with E-state index < -0.39 is 36.0 Å². The van der Waals surface area contributed by atoms with Gasteiger partial charge in [0, 0.05) is 65.0 Å². The molecule has 1 aromatic rings. The number of Topliss-reactive ketones (excluding diaryl/α,β-unsaturated/α-hetero) is 2. The van der Waals surface area contributed by atoms with Crippen LogP contribution < -0.4 is 5.32 Å². The summed E-state index contributed by atoms with van der Waals surface area (Å²) < 4.78 is 12.1. The van der Waals surface area contributed by atoms with E-state index in [1.807, 2.05) is 89.7 Å². The van der Waals surface area contributed by atoms with E-state index in [1.54, 1.807) is 26.2 Å². The van der Waals surface area contributed by atoms with Crippen molar-refractivity contribution in [2.45, 2.75) is 150 Å². The number of ether oxygens (including phenoxy) is 2. The minimum absolute atomic E-state index is 0.0109. The van der Waals surface area contributed by atoms with Crippen LogP contribution in [0, 0.1) is 48.3 Å². The van der Waals surface area contributed by atoms with Crippen LogP contribution >= 0.6 is 0 Å². The highest BCUT2D eigenvalue weighted by Crippen LogP contribution is 2.37. The molecule has 3 rings (SSSR count). The van der Waals surface area contributed by atoms with Crippen molar-refractivity contribution in [2.75, 3.05) is 41.9 Å². The average molecular weight is 811 g/mol. The van der Waals surface area contributed by atoms with E-state index in [2.05, 4.69) is 19.2 Å². The Labute approximate surface area is 350 Å². The molecule has 9 atom stereocenters. The summed E-state index contributed by atoms with van der Waals surface area (Å²) in [6.45, 7) is 17.0. The smallest absolute Gasteiger partial charge is 0.226 e. The van der Waals surface area contributed by atoms with Crippen molar-refractivity contribution in [3.05, 3.63) is 35.4 Å². The zero-order chi connectivity index (χ0) is 43.4. The van der Waals surface area contributed by atoms with Crippen LogP contribution in [0.25, 0.3) is 0 Å². The number of hydrogen-bond donors (Lipinski definition) is 1. The lowest BCUT2D eigenvalue weighted by atomic mass is 9.83. The van der Waals surface area contributed by atoms with Crippen molar-refractivity contribution in [3.8, 4) is 0 Å². The SMILES string of the molecule is CC[C@H](C)[C@@H]([C@@H](CC(=O)N1CCC[C@H]1[C@H](OC)[C@@H](C)C(=O)CC(CC1CC1)C(=O)NCc1ccc(C)cc1)OC)N(C)C(=O)[C@@H](CC(=O)[C@H](C(C)C)N(C)C)C(C)C. The summed E-state index contributed by atoms with van der Waals surface area (Å²) in [6, 6.07) is 7.07. The van der Waals surface area contributed by atoms with Crippen molar-refractivity contribution in [2.24, 2.45) is 41.4 Å². The average Bonchev–Trinajstić information content (AvgIpc) is 3.87. The molecule has 3 amide bonds. The molecule has 2 aliphatic rings. The Morgan fingerprint density at radius 2 is 1.48 bits per heavy atom. The number of aryl methyl sites for hydroxylation is 1. The van der Waals surface area contributed by atoms with Gasteiger partial charge in [-0.05, 0) is 69.5 Å². The second-order valence-corrected chi connectivity index (χ2v) is 18.5. The first kappa shape index (κ1) is 49.2. The van der Waals surface area contributed by atoms with E-state index in [0.29, 0.717) is 31.8 Å². The van der Waals surface area contributed by atoms with Crippen molar-refractivity contribution in [1.29, 1.82) is 0 Å². The summed E-state index contributed by atoms with van der Waals surface area (Å²) in [4.78, 5) is 75.3. The van der Waals surface area contributed by atoms with Crippen LogP contribution in [0.15, 0.2) is 24.3 Å². The number of ketones is 2. The van der Waals surface area contributed by atoms with Crippen LogP contribution in [-0.2, 0) is 40.0 Å². The molecule has 11 heteroatoms. The van der Waals surface area contributed by atoms with Gasteiger partial charge < -0.3 is 24.6 Å². The maximum atomic E-state index is 14.4. The molecule has 1 heterocycles. The van der Waals surface area contributed by atoms with E-state index in [4.69, 9.17) is 9.47 Å². The van der Waals surface area contributed by atoms with E-state index in [-0.39, 0.29) is 78.4 Å². The third kappa shape index (κ3) is 13.4. The Morgan fingerprint density at radius 1 is 0.845 bits per heavy atom. The van der Waals surface area contributed by atoms with Crippen molar-refractivity contribution in [3.63, 3.8) is 0 Å². The van der Waals surface area contributed by atoms with Crippen LogP contribution in [-0.4, -0.2) is 116 Å². The number of amides is 3. The van der Waals surface area contributed by atoms with Gasteiger partial charge in [0.05, 0.1) is 36.8 Å². The molecule has 0 spiro atoms. The number of likely N-dealkylation sites (tertiary alicyclic amines) is 1. The molecule has 1 unspecified atom stereocenters. The highest BCUT2D eigenvalue weighted by Gasteiger charge is 2.44. The number of likely N-dealkylation sites (N-methyl/N-ethyl adjacent to an activating group) is 2. The molecule has 11 nitrogen and oxygen atoms in total. The van der Waals surface area contributed by atoms with Crippen LogP contribution in [0.3, 0.4) is 0 Å². The third-order valence-corrected chi connectivity index (χ3v) is 13.1. The number of nitrogens with one attached hydrogen (secondary N) is 1. The van der Waals surface area contributed by atoms with Gasteiger partial charge in [-0.3, -0.25) is 28.9 Å². The molecule has 328 valence electrons. The Balaban J connectivity index is 1.75. The van der Waals surface area contributed by atoms with E-state index >= 15 is 0 Å². The lowest BCUT2D eigenvalue weighted by Crippen LogP contribution is -2.54. The molecule has 1 saturated heterocycles. The van der Waals surface area contributed by atoms with Crippen LogP contribution in [0.5, 0.6) is 0 Å². The Morgan fingerprint density at radius 3 is 2.00 bits per heavy atom. The standard InChI is InChI=1S/C47H78N4O7/c1-14-32(7)44(50(11)47(56)37(29(2)3)26-40(53)43(30(4)5)49(9)10)41(57-12)27-42(54)51-23-15-16-38(51)45(58-13)33(8)39(52)25-36(24-34-21-22-34)46(55)48-28-35-19-17-31(6)18-20-35/h17-20,29-30,32-34,36-38,41,43-45H,14-16,21-28H2,1-13H3,(H,48,55)/t32-,33-,36?,37-,38-,41+,43-,44-,45+/m0/s1. The number of methoxy groups -OCH3 is 2. The zero-order valence-corrected chi connectivity index (χ0v) is 38.2. The quantitative estimate of drug-likeness (QED) is 0.115. The van der Waals surface area contributed by atoms with Crippen molar-refractivity contribution < 1.29 is 33.4 Å². The van der Waals surface area contributed by atoms with Gasteiger partial charge in [0.25, 0.3) is 0 Å². The second kappa shape index (κ2) is 23.0. The van der Waals surface area contributed by atoms with E-state index in [0.717, 1.165) is 36.8 Å². The molecule has 2 fully saturated rings. The third-order valence-electron chi connectivity index (χ3n) is 13.1. The molecule has 0 bridgehead atoms. The minimum Gasteiger partial charge on any atom is -0.379 e. The lowest BCUT2D eigenvalue weighted by Gasteiger charge is -2.41. The fourth-order valence-corrected chi connectivity index (χ4v) is 9.31. The molecule has 1 aliphatic carbocycles. The first-order valence-electron chi connectivity index (χ1n) is 22.0. The zero-order valence-electron chi connectivity index (χ0n) is 38.2. The predicted molar refractivity (Wildman–Crippen MR) is 230 cm³/mol. The predicted octanol–water partition coefficient (Wildman–Crippen LogP) is 6.72. The van der Waals surface area contributed by atoms with Crippen molar-refractivity contribution in [1.82, 2.24) is 20.0 Å². The molecule has 1 aromatic carbocycles. The Kier molecular flexibility index (Phi) is 19.5. The molecule has 1 aliphatic heterocycles. The summed E-state index contributed by atoms with van der Waals surface area (Å²) in [7, 11) is 8.78. The van der Waals surface area contributed by atoms with Gasteiger partial charge in [-0.25, -0.2) is 0 Å². The largest absolute Gasteiger partial charge is 0.379 e. The highest BCUT2D eigenvalue weighted by molar-refractivity contribution is 5.90. The molecule has 0 radical (unpaired) electrons. The summed E-state index contributed by atoms with van der Waals surface area (Å²) in [6.07, 6.45) is 4.33. The van der Waals surface area contributed by atoms with Gasteiger partial charge in [0.2, 0.25) is 17.7 Å². The summed E-state index contributed by atoms with van der Waals surface area (Å²) in [5.74, 6) is -1.20.